The second-order valence-electron chi connectivity index (χ2n) is 5.02. The zero-order valence-corrected chi connectivity index (χ0v) is 10.7. The van der Waals surface area contributed by atoms with Crippen molar-refractivity contribution in [3.8, 4) is 0 Å². The molecule has 1 unspecified atom stereocenters. The van der Waals surface area contributed by atoms with Crippen molar-refractivity contribution in [2.75, 3.05) is 18.5 Å². The lowest BCUT2D eigenvalue weighted by molar-refractivity contribution is 0.0883. The molecule has 0 radical (unpaired) electrons. The summed E-state index contributed by atoms with van der Waals surface area (Å²) in [6.07, 6.45) is -0.879. The van der Waals surface area contributed by atoms with Crippen LogP contribution in [0, 0.1) is 5.82 Å². The van der Waals surface area contributed by atoms with E-state index in [-0.39, 0.29) is 5.56 Å². The van der Waals surface area contributed by atoms with Gasteiger partial charge in [-0.25, -0.2) is 4.39 Å². The summed E-state index contributed by atoms with van der Waals surface area (Å²) in [5.41, 5.74) is -0.0156. The average Bonchev–Trinajstić information content (AvgIpc) is 2.13. The fraction of sp³-hybridized carbons (Fsp3) is 0.538. The highest BCUT2D eigenvalue weighted by Crippen LogP contribution is 2.28. The quantitative estimate of drug-likeness (QED) is 0.848. The Morgan fingerprint density at radius 1 is 1.41 bits per heavy atom. The number of halogens is 1. The summed E-state index contributed by atoms with van der Waals surface area (Å²) < 4.78 is 13.6. The standard InChI is InChI=1S/C13H20FNO2/c1-9(16)12-10(14)6-5-7-11(12)15(4)8-13(2,3)17/h5-7,9,16-17H,8H2,1-4H3. The highest BCUT2D eigenvalue weighted by atomic mass is 19.1. The van der Waals surface area contributed by atoms with Crippen molar-refractivity contribution in [1.82, 2.24) is 0 Å². The number of aliphatic hydroxyl groups excluding tert-OH is 1. The lowest BCUT2D eigenvalue weighted by atomic mass is 10.0. The van der Waals surface area contributed by atoms with Crippen molar-refractivity contribution in [3.05, 3.63) is 29.6 Å². The van der Waals surface area contributed by atoms with Crippen molar-refractivity contribution in [3.63, 3.8) is 0 Å². The molecule has 1 aromatic carbocycles. The van der Waals surface area contributed by atoms with Crippen LogP contribution >= 0.6 is 0 Å². The fourth-order valence-electron chi connectivity index (χ4n) is 1.94. The SMILES string of the molecule is CC(O)c1c(F)cccc1N(C)CC(C)(C)O. The molecule has 2 N–H and O–H groups in total. The Kier molecular flexibility index (Phi) is 4.11. The smallest absolute Gasteiger partial charge is 0.131 e. The minimum Gasteiger partial charge on any atom is -0.389 e. The van der Waals surface area contributed by atoms with E-state index < -0.39 is 17.5 Å². The van der Waals surface area contributed by atoms with Crippen LogP contribution < -0.4 is 4.90 Å². The van der Waals surface area contributed by atoms with E-state index in [1.807, 2.05) is 0 Å². The molecular formula is C13H20FNO2. The summed E-state index contributed by atoms with van der Waals surface area (Å²) >= 11 is 0. The Balaban J connectivity index is 3.09. The van der Waals surface area contributed by atoms with Crippen molar-refractivity contribution < 1.29 is 14.6 Å². The molecule has 96 valence electrons. The van der Waals surface area contributed by atoms with Crippen molar-refractivity contribution in [2.24, 2.45) is 0 Å². The monoisotopic (exact) mass is 241 g/mol. The Morgan fingerprint density at radius 2 is 2.00 bits per heavy atom. The average molecular weight is 241 g/mol. The first-order valence-corrected chi connectivity index (χ1v) is 5.62. The van der Waals surface area contributed by atoms with Gasteiger partial charge < -0.3 is 15.1 Å². The number of likely N-dealkylation sites (N-methyl/N-ethyl adjacent to an activating group) is 1. The molecule has 0 spiro atoms. The minimum absolute atomic E-state index is 0.263. The summed E-state index contributed by atoms with van der Waals surface area (Å²) in [4.78, 5) is 1.74. The molecule has 17 heavy (non-hydrogen) atoms. The Labute approximate surface area is 101 Å². The normalized spacial score (nSPS) is 13.6. The maximum absolute atomic E-state index is 13.6. The first kappa shape index (κ1) is 13.9. The Hall–Kier alpha value is -1.13. The molecule has 0 amide bonds. The van der Waals surface area contributed by atoms with Gasteiger partial charge in [0.05, 0.1) is 11.7 Å². The van der Waals surface area contributed by atoms with Gasteiger partial charge in [-0.1, -0.05) is 6.07 Å². The number of hydrogen-bond donors (Lipinski definition) is 2. The molecule has 3 nitrogen and oxygen atoms in total. The van der Waals surface area contributed by atoms with Crippen LogP contribution in [-0.2, 0) is 0 Å². The van der Waals surface area contributed by atoms with Crippen LogP contribution in [-0.4, -0.2) is 29.4 Å². The maximum Gasteiger partial charge on any atom is 0.131 e. The molecule has 0 saturated heterocycles. The summed E-state index contributed by atoms with van der Waals surface area (Å²) in [5, 5.41) is 19.4. The second-order valence-corrected chi connectivity index (χ2v) is 5.02. The van der Waals surface area contributed by atoms with Gasteiger partial charge in [0.1, 0.15) is 5.82 Å². The molecule has 0 aliphatic heterocycles. The third-order valence-electron chi connectivity index (χ3n) is 2.48. The van der Waals surface area contributed by atoms with Gasteiger partial charge in [-0.15, -0.1) is 0 Å². The molecule has 0 aromatic heterocycles. The third-order valence-corrected chi connectivity index (χ3v) is 2.48. The van der Waals surface area contributed by atoms with E-state index in [0.29, 0.717) is 12.2 Å². The van der Waals surface area contributed by atoms with Crippen LogP contribution in [0.2, 0.25) is 0 Å². The van der Waals surface area contributed by atoms with Crippen LogP contribution in [0.4, 0.5) is 10.1 Å². The van der Waals surface area contributed by atoms with Gasteiger partial charge in [0, 0.05) is 24.8 Å². The number of rotatable bonds is 4. The van der Waals surface area contributed by atoms with Crippen LogP contribution in [0.25, 0.3) is 0 Å². The fourth-order valence-corrected chi connectivity index (χ4v) is 1.94. The van der Waals surface area contributed by atoms with Gasteiger partial charge in [0.15, 0.2) is 0 Å². The molecule has 1 aromatic rings. The van der Waals surface area contributed by atoms with E-state index in [4.69, 9.17) is 0 Å². The van der Waals surface area contributed by atoms with Crippen molar-refractivity contribution in [1.29, 1.82) is 0 Å². The lowest BCUT2D eigenvalue weighted by Gasteiger charge is -2.29. The Bertz CT molecular complexity index is 385. The second kappa shape index (κ2) is 5.02. The molecule has 0 aliphatic rings. The largest absolute Gasteiger partial charge is 0.389 e. The summed E-state index contributed by atoms with van der Waals surface area (Å²) in [5.74, 6) is -0.430. The van der Waals surface area contributed by atoms with Crippen LogP contribution in [0.1, 0.15) is 32.4 Å². The molecule has 0 bridgehead atoms. The van der Waals surface area contributed by atoms with Gasteiger partial charge >= 0.3 is 0 Å². The van der Waals surface area contributed by atoms with E-state index in [1.165, 1.54) is 13.0 Å². The van der Waals surface area contributed by atoms with E-state index in [2.05, 4.69) is 0 Å². The van der Waals surface area contributed by atoms with Crippen molar-refractivity contribution >= 4 is 5.69 Å². The van der Waals surface area contributed by atoms with Crippen LogP contribution in [0.3, 0.4) is 0 Å². The molecule has 4 heteroatoms. The van der Waals surface area contributed by atoms with Crippen molar-refractivity contribution in [2.45, 2.75) is 32.5 Å². The molecular weight excluding hydrogens is 221 g/mol. The molecule has 0 saturated carbocycles. The number of aliphatic hydroxyl groups is 2. The van der Waals surface area contributed by atoms with Crippen LogP contribution in [0.5, 0.6) is 0 Å². The Morgan fingerprint density at radius 3 is 2.47 bits per heavy atom. The predicted molar refractivity (Wildman–Crippen MR) is 66.6 cm³/mol. The molecule has 0 aliphatic carbocycles. The first-order chi connectivity index (χ1) is 7.72. The highest BCUT2D eigenvalue weighted by Gasteiger charge is 2.20. The highest BCUT2D eigenvalue weighted by molar-refractivity contribution is 5.54. The van der Waals surface area contributed by atoms with E-state index in [0.717, 1.165) is 0 Å². The molecule has 1 atom stereocenters. The van der Waals surface area contributed by atoms with Gasteiger partial charge in [-0.05, 0) is 32.9 Å². The molecule has 0 heterocycles. The number of nitrogens with zero attached hydrogens (tertiary/aromatic N) is 1. The zero-order chi connectivity index (χ0) is 13.2. The number of hydrogen-bond acceptors (Lipinski definition) is 3. The van der Waals surface area contributed by atoms with Gasteiger partial charge in [0.2, 0.25) is 0 Å². The maximum atomic E-state index is 13.6. The summed E-state index contributed by atoms with van der Waals surface area (Å²) in [6.45, 7) is 5.26. The lowest BCUT2D eigenvalue weighted by Crippen LogP contribution is -2.36. The molecule has 1 rings (SSSR count). The topological polar surface area (TPSA) is 43.7 Å². The van der Waals surface area contributed by atoms with E-state index in [9.17, 15) is 14.6 Å². The number of benzene rings is 1. The third kappa shape index (κ3) is 3.68. The predicted octanol–water partition coefficient (Wildman–Crippen LogP) is 2.09. The van der Waals surface area contributed by atoms with Crippen LogP contribution in [0.15, 0.2) is 18.2 Å². The number of anilines is 1. The summed E-state index contributed by atoms with van der Waals surface area (Å²) in [6, 6.07) is 4.65. The molecule has 0 fully saturated rings. The van der Waals surface area contributed by atoms with Gasteiger partial charge in [-0.3, -0.25) is 0 Å². The zero-order valence-electron chi connectivity index (χ0n) is 10.7. The first-order valence-electron chi connectivity index (χ1n) is 5.62. The van der Waals surface area contributed by atoms with E-state index >= 15 is 0 Å². The van der Waals surface area contributed by atoms with E-state index in [1.54, 1.807) is 37.9 Å². The summed E-state index contributed by atoms with van der Waals surface area (Å²) in [7, 11) is 1.76. The minimum atomic E-state index is -0.879. The van der Waals surface area contributed by atoms with Gasteiger partial charge in [-0.2, -0.15) is 0 Å². The van der Waals surface area contributed by atoms with Gasteiger partial charge in [0.25, 0.3) is 0 Å².